The third kappa shape index (κ3) is 2.77. The number of hydrogen-bond acceptors (Lipinski definition) is 3. The number of nitrogens with zero attached hydrogens (tertiary/aromatic N) is 2. The molecule has 0 saturated heterocycles. The molecule has 0 aliphatic rings. The molecular formula is C14H16N2O2. The van der Waals surface area contributed by atoms with E-state index in [0.717, 1.165) is 11.1 Å². The van der Waals surface area contributed by atoms with Gasteiger partial charge in [-0.3, -0.25) is 9.36 Å². The summed E-state index contributed by atoms with van der Waals surface area (Å²) in [6.07, 6.45) is 4.12. The largest absolute Gasteiger partial charge is 0.481 e. The van der Waals surface area contributed by atoms with Crippen molar-refractivity contribution in [3.63, 3.8) is 0 Å². The van der Waals surface area contributed by atoms with Gasteiger partial charge in [-0.2, -0.15) is 0 Å². The van der Waals surface area contributed by atoms with Crippen molar-refractivity contribution in [3.05, 3.63) is 48.0 Å². The molecule has 94 valence electrons. The summed E-state index contributed by atoms with van der Waals surface area (Å²) in [6.45, 7) is 5.74. The van der Waals surface area contributed by atoms with Crippen molar-refractivity contribution in [2.24, 2.45) is 0 Å². The summed E-state index contributed by atoms with van der Waals surface area (Å²) in [5, 5.41) is 0. The number of carbonyl (C=O) groups is 1. The lowest BCUT2D eigenvalue weighted by atomic mass is 10.1. The van der Waals surface area contributed by atoms with E-state index >= 15 is 0 Å². The van der Waals surface area contributed by atoms with Crippen LogP contribution in [0.5, 0.6) is 5.75 Å². The lowest BCUT2D eigenvalue weighted by Crippen LogP contribution is -2.28. The summed E-state index contributed by atoms with van der Waals surface area (Å²) >= 11 is 0. The normalized spacial score (nSPS) is 12.2. The predicted molar refractivity (Wildman–Crippen MR) is 68.9 cm³/mol. The first kappa shape index (κ1) is 12.4. The topological polar surface area (TPSA) is 44.1 Å². The molecule has 4 heteroatoms. The molecule has 0 N–H and O–H groups in total. The van der Waals surface area contributed by atoms with Gasteiger partial charge in [0.2, 0.25) is 0 Å². The highest BCUT2D eigenvalue weighted by atomic mass is 16.5. The van der Waals surface area contributed by atoms with Gasteiger partial charge in [-0.25, -0.2) is 4.98 Å². The van der Waals surface area contributed by atoms with Gasteiger partial charge in [0.05, 0.1) is 0 Å². The fraction of sp³-hybridized carbons (Fsp3) is 0.286. The molecule has 0 amide bonds. The summed E-state index contributed by atoms with van der Waals surface area (Å²) in [7, 11) is 0. The zero-order valence-electron chi connectivity index (χ0n) is 10.8. The molecule has 2 rings (SSSR count). The van der Waals surface area contributed by atoms with E-state index in [0.29, 0.717) is 5.75 Å². The van der Waals surface area contributed by atoms with Gasteiger partial charge in [0, 0.05) is 12.4 Å². The molecule has 0 aliphatic carbocycles. The molecule has 0 spiro atoms. The number of aryl methyl sites for hydroxylation is 2. The number of rotatable bonds is 3. The van der Waals surface area contributed by atoms with E-state index in [1.165, 1.54) is 10.9 Å². The molecule has 0 bridgehead atoms. The monoisotopic (exact) mass is 244 g/mol. The fourth-order valence-corrected chi connectivity index (χ4v) is 1.85. The van der Waals surface area contributed by atoms with Crippen LogP contribution in [0, 0.1) is 13.8 Å². The summed E-state index contributed by atoms with van der Waals surface area (Å²) in [5.74, 6) is 0.583. The highest BCUT2D eigenvalue weighted by molar-refractivity contribution is 5.83. The molecule has 1 heterocycles. The molecule has 18 heavy (non-hydrogen) atoms. The van der Waals surface area contributed by atoms with Crippen molar-refractivity contribution >= 4 is 5.91 Å². The summed E-state index contributed by atoms with van der Waals surface area (Å²) in [5.41, 5.74) is 2.24. The Labute approximate surface area is 106 Å². The van der Waals surface area contributed by atoms with Gasteiger partial charge in [-0.05, 0) is 44.0 Å². The van der Waals surface area contributed by atoms with Crippen molar-refractivity contribution in [1.29, 1.82) is 0 Å². The second kappa shape index (κ2) is 5.04. The lowest BCUT2D eigenvalue weighted by molar-refractivity contribution is 0.0727. The Hall–Kier alpha value is -2.10. The van der Waals surface area contributed by atoms with Gasteiger partial charge < -0.3 is 4.74 Å². The predicted octanol–water partition coefficient (Wildman–Crippen LogP) is 2.61. The maximum Gasteiger partial charge on any atom is 0.272 e. The van der Waals surface area contributed by atoms with Crippen molar-refractivity contribution in [1.82, 2.24) is 9.55 Å². The maximum absolute atomic E-state index is 12.0. The first-order valence-electron chi connectivity index (χ1n) is 5.83. The van der Waals surface area contributed by atoms with E-state index in [4.69, 9.17) is 4.74 Å². The Kier molecular flexibility index (Phi) is 3.46. The van der Waals surface area contributed by atoms with Gasteiger partial charge >= 0.3 is 0 Å². The standard InChI is InChI=1S/C14H16N2O2/c1-10-6-11(2)8-13(7-10)18-12(3)14(17)16-5-4-15-9-16/h4-9,12H,1-3H3. The van der Waals surface area contributed by atoms with Crippen LogP contribution in [0.25, 0.3) is 0 Å². The molecule has 1 aromatic heterocycles. The lowest BCUT2D eigenvalue weighted by Gasteiger charge is -2.14. The summed E-state index contributed by atoms with van der Waals surface area (Å²) in [4.78, 5) is 15.8. The number of benzene rings is 1. The number of imidazole rings is 1. The Bertz CT molecular complexity index is 527. The summed E-state index contributed by atoms with van der Waals surface area (Å²) in [6, 6.07) is 5.91. The van der Waals surface area contributed by atoms with E-state index in [1.54, 1.807) is 19.3 Å². The van der Waals surface area contributed by atoms with Crippen molar-refractivity contribution in [3.8, 4) is 5.75 Å². The first-order chi connectivity index (χ1) is 8.56. The molecule has 4 nitrogen and oxygen atoms in total. The highest BCUT2D eigenvalue weighted by Crippen LogP contribution is 2.18. The minimum absolute atomic E-state index is 0.133. The Morgan fingerprint density at radius 3 is 2.50 bits per heavy atom. The van der Waals surface area contributed by atoms with Gasteiger partial charge in [0.1, 0.15) is 12.1 Å². The minimum Gasteiger partial charge on any atom is -0.481 e. The molecule has 2 aromatic rings. The zero-order valence-corrected chi connectivity index (χ0v) is 10.8. The SMILES string of the molecule is Cc1cc(C)cc(OC(C)C(=O)n2ccnc2)c1. The molecular weight excluding hydrogens is 228 g/mol. The molecule has 0 saturated carbocycles. The molecule has 0 radical (unpaired) electrons. The van der Waals surface area contributed by atoms with Crippen LogP contribution in [0.2, 0.25) is 0 Å². The number of ether oxygens (including phenoxy) is 1. The second-order valence-electron chi connectivity index (χ2n) is 4.39. The second-order valence-corrected chi connectivity index (χ2v) is 4.39. The quantitative estimate of drug-likeness (QED) is 0.833. The van der Waals surface area contributed by atoms with Crippen LogP contribution in [-0.4, -0.2) is 21.6 Å². The highest BCUT2D eigenvalue weighted by Gasteiger charge is 2.16. The average molecular weight is 244 g/mol. The maximum atomic E-state index is 12.0. The molecule has 1 atom stereocenters. The van der Waals surface area contributed by atoms with Crippen LogP contribution < -0.4 is 4.74 Å². The van der Waals surface area contributed by atoms with Gasteiger partial charge in [0.15, 0.2) is 6.10 Å². The van der Waals surface area contributed by atoms with E-state index in [1.807, 2.05) is 26.0 Å². The molecule has 0 aliphatic heterocycles. The Balaban J connectivity index is 2.11. The third-order valence-electron chi connectivity index (χ3n) is 2.61. The molecule has 1 unspecified atom stereocenters. The van der Waals surface area contributed by atoms with E-state index < -0.39 is 6.10 Å². The first-order valence-corrected chi connectivity index (χ1v) is 5.83. The van der Waals surface area contributed by atoms with Crippen molar-refractivity contribution < 1.29 is 9.53 Å². The number of hydrogen-bond donors (Lipinski definition) is 0. The third-order valence-corrected chi connectivity index (χ3v) is 2.61. The van der Waals surface area contributed by atoms with Gasteiger partial charge in [-0.15, -0.1) is 0 Å². The van der Waals surface area contributed by atoms with Crippen LogP contribution in [0.15, 0.2) is 36.9 Å². The Morgan fingerprint density at radius 1 is 1.28 bits per heavy atom. The van der Waals surface area contributed by atoms with Crippen LogP contribution >= 0.6 is 0 Å². The van der Waals surface area contributed by atoms with Crippen LogP contribution in [0.3, 0.4) is 0 Å². The zero-order chi connectivity index (χ0) is 13.1. The van der Waals surface area contributed by atoms with Gasteiger partial charge in [-0.1, -0.05) is 6.07 Å². The van der Waals surface area contributed by atoms with E-state index in [9.17, 15) is 4.79 Å². The fourth-order valence-electron chi connectivity index (χ4n) is 1.85. The average Bonchev–Trinajstić information content (AvgIpc) is 2.79. The van der Waals surface area contributed by atoms with Crippen LogP contribution in [0.4, 0.5) is 0 Å². The van der Waals surface area contributed by atoms with E-state index in [2.05, 4.69) is 11.1 Å². The smallest absolute Gasteiger partial charge is 0.272 e. The van der Waals surface area contributed by atoms with Crippen molar-refractivity contribution in [2.75, 3.05) is 0 Å². The Morgan fingerprint density at radius 2 is 1.94 bits per heavy atom. The van der Waals surface area contributed by atoms with Crippen LogP contribution in [-0.2, 0) is 0 Å². The molecule has 1 aromatic carbocycles. The van der Waals surface area contributed by atoms with E-state index in [-0.39, 0.29) is 5.91 Å². The number of aromatic nitrogens is 2. The van der Waals surface area contributed by atoms with Crippen molar-refractivity contribution in [2.45, 2.75) is 26.9 Å². The minimum atomic E-state index is -0.541. The molecule has 0 fully saturated rings. The van der Waals surface area contributed by atoms with Crippen LogP contribution in [0.1, 0.15) is 22.8 Å². The summed E-state index contributed by atoms with van der Waals surface area (Å²) < 4.78 is 7.09. The van der Waals surface area contributed by atoms with Gasteiger partial charge in [0.25, 0.3) is 5.91 Å². The number of carbonyl (C=O) groups excluding carboxylic acids is 1.